The van der Waals surface area contributed by atoms with Gasteiger partial charge in [0.25, 0.3) is 10.0 Å². The summed E-state index contributed by atoms with van der Waals surface area (Å²) in [6.45, 7) is 5.88. The summed E-state index contributed by atoms with van der Waals surface area (Å²) in [6.07, 6.45) is -0.182. The minimum Gasteiger partial charge on any atom is -0.480 e. The number of sulfonamides is 1. The highest BCUT2D eigenvalue weighted by atomic mass is 32.2. The van der Waals surface area contributed by atoms with Crippen molar-refractivity contribution in [2.75, 3.05) is 13.2 Å². The van der Waals surface area contributed by atoms with Crippen LogP contribution < -0.4 is 0 Å². The lowest BCUT2D eigenvalue weighted by Crippen LogP contribution is -2.40. The lowest BCUT2D eigenvalue weighted by atomic mass is 10.2. The van der Waals surface area contributed by atoms with Crippen LogP contribution in [0.4, 0.5) is 0 Å². The highest BCUT2D eigenvalue weighted by Crippen LogP contribution is 2.33. The quantitative estimate of drug-likeness (QED) is 0.885. The summed E-state index contributed by atoms with van der Waals surface area (Å²) >= 11 is 1.17. The maximum absolute atomic E-state index is 12.8. The Hall–Kier alpha value is -0.960. The lowest BCUT2D eigenvalue weighted by Gasteiger charge is -2.20. The van der Waals surface area contributed by atoms with Gasteiger partial charge in [0.05, 0.1) is 6.10 Å². The Morgan fingerprint density at radius 3 is 2.67 bits per heavy atom. The van der Waals surface area contributed by atoms with Crippen LogP contribution in [0.3, 0.4) is 0 Å². The average Bonchev–Trinajstić information content (AvgIpc) is 2.94. The molecule has 2 rings (SSSR count). The first kappa shape index (κ1) is 16.4. The van der Waals surface area contributed by atoms with Gasteiger partial charge in [-0.3, -0.25) is 4.79 Å². The summed E-state index contributed by atoms with van der Waals surface area (Å²) in [5.74, 6) is -1.13. The molecular formula is C13H19NO5S2. The second-order valence-electron chi connectivity index (χ2n) is 5.07. The zero-order valence-electron chi connectivity index (χ0n) is 12.2. The first-order chi connectivity index (χ1) is 9.77. The average molecular weight is 333 g/mol. The summed E-state index contributed by atoms with van der Waals surface area (Å²) < 4.78 is 32.2. The topological polar surface area (TPSA) is 83.9 Å². The summed E-state index contributed by atoms with van der Waals surface area (Å²) in [5.41, 5.74) is 0.654. The SMILES string of the molecule is CCO[C@@H]1C[C@@H](C(=O)O)N(S(=O)(=O)c2sc(C)cc2C)C1. The van der Waals surface area contributed by atoms with Crippen LogP contribution in [-0.4, -0.2) is 49.1 Å². The second kappa shape index (κ2) is 6.04. The zero-order chi connectivity index (χ0) is 15.8. The number of hydrogen-bond donors (Lipinski definition) is 1. The molecule has 0 amide bonds. The van der Waals surface area contributed by atoms with E-state index in [4.69, 9.17) is 4.74 Å². The molecule has 1 aromatic heterocycles. The molecule has 0 spiro atoms. The van der Waals surface area contributed by atoms with Gasteiger partial charge in [0.1, 0.15) is 10.3 Å². The zero-order valence-corrected chi connectivity index (χ0v) is 13.8. The van der Waals surface area contributed by atoms with Gasteiger partial charge in [-0.05, 0) is 32.4 Å². The van der Waals surface area contributed by atoms with Gasteiger partial charge in [-0.25, -0.2) is 8.42 Å². The van der Waals surface area contributed by atoms with E-state index >= 15 is 0 Å². The van der Waals surface area contributed by atoms with Crippen LogP contribution in [0.5, 0.6) is 0 Å². The second-order valence-corrected chi connectivity index (χ2v) is 8.41. The van der Waals surface area contributed by atoms with Crippen LogP contribution in [0.2, 0.25) is 0 Å². The van der Waals surface area contributed by atoms with Crippen LogP contribution >= 0.6 is 11.3 Å². The van der Waals surface area contributed by atoms with E-state index in [9.17, 15) is 18.3 Å². The molecule has 8 heteroatoms. The van der Waals surface area contributed by atoms with E-state index in [1.165, 1.54) is 11.3 Å². The number of hydrogen-bond acceptors (Lipinski definition) is 5. The van der Waals surface area contributed by atoms with Gasteiger partial charge in [0.15, 0.2) is 0 Å². The molecule has 1 N–H and O–H groups in total. The summed E-state index contributed by atoms with van der Waals surface area (Å²) in [5, 5.41) is 9.30. The number of aryl methyl sites for hydroxylation is 2. The number of thiophene rings is 1. The van der Waals surface area contributed by atoms with Crippen LogP contribution in [-0.2, 0) is 19.6 Å². The largest absolute Gasteiger partial charge is 0.480 e. The van der Waals surface area contributed by atoms with E-state index in [1.807, 2.05) is 6.92 Å². The Balaban J connectivity index is 2.37. The first-order valence-corrected chi connectivity index (χ1v) is 8.96. The third-order valence-corrected chi connectivity index (χ3v) is 7.08. The molecule has 21 heavy (non-hydrogen) atoms. The predicted octanol–water partition coefficient (Wildman–Crippen LogP) is 1.62. The van der Waals surface area contributed by atoms with E-state index < -0.39 is 22.0 Å². The molecule has 0 aromatic carbocycles. The molecule has 0 bridgehead atoms. The molecule has 1 aliphatic rings. The van der Waals surface area contributed by atoms with E-state index in [2.05, 4.69) is 0 Å². The number of carbonyl (C=O) groups is 1. The third kappa shape index (κ3) is 3.13. The molecule has 1 fully saturated rings. The Labute approximate surface area is 128 Å². The first-order valence-electron chi connectivity index (χ1n) is 6.70. The molecule has 0 saturated carbocycles. The van der Waals surface area contributed by atoms with Crippen LogP contribution in [0.15, 0.2) is 10.3 Å². The van der Waals surface area contributed by atoms with Crippen molar-refractivity contribution in [1.29, 1.82) is 0 Å². The van der Waals surface area contributed by atoms with Crippen molar-refractivity contribution in [2.24, 2.45) is 0 Å². The normalized spacial score (nSPS) is 23.6. The van der Waals surface area contributed by atoms with Gasteiger partial charge in [-0.1, -0.05) is 0 Å². The van der Waals surface area contributed by atoms with Gasteiger partial charge in [0.2, 0.25) is 0 Å². The number of nitrogens with zero attached hydrogens (tertiary/aromatic N) is 1. The van der Waals surface area contributed by atoms with Crippen molar-refractivity contribution >= 4 is 27.3 Å². The molecule has 0 radical (unpaired) electrons. The van der Waals surface area contributed by atoms with Crippen molar-refractivity contribution in [3.05, 3.63) is 16.5 Å². The van der Waals surface area contributed by atoms with Crippen molar-refractivity contribution < 1.29 is 23.1 Å². The maximum Gasteiger partial charge on any atom is 0.322 e. The third-order valence-electron chi connectivity index (χ3n) is 3.44. The Kier molecular flexibility index (Phi) is 4.72. The summed E-state index contributed by atoms with van der Waals surface area (Å²) in [7, 11) is -3.80. The smallest absolute Gasteiger partial charge is 0.322 e. The monoisotopic (exact) mass is 333 g/mol. The number of ether oxygens (including phenoxy) is 1. The molecule has 1 aromatic rings. The van der Waals surface area contributed by atoms with Crippen LogP contribution in [0.1, 0.15) is 23.8 Å². The molecule has 2 heterocycles. The fourth-order valence-electron chi connectivity index (χ4n) is 2.60. The fourth-order valence-corrected chi connectivity index (χ4v) is 6.00. The van der Waals surface area contributed by atoms with Crippen molar-refractivity contribution in [1.82, 2.24) is 4.31 Å². The van der Waals surface area contributed by atoms with Crippen molar-refractivity contribution in [3.63, 3.8) is 0 Å². The number of carboxylic acid groups (broad SMARTS) is 1. The molecule has 1 aliphatic heterocycles. The van der Waals surface area contributed by atoms with Crippen LogP contribution in [0, 0.1) is 13.8 Å². The molecule has 2 atom stereocenters. The number of aliphatic carboxylic acids is 1. The number of carboxylic acids is 1. The van der Waals surface area contributed by atoms with Gasteiger partial charge in [-0.2, -0.15) is 4.31 Å². The molecule has 118 valence electrons. The molecule has 0 aliphatic carbocycles. The summed E-state index contributed by atoms with van der Waals surface area (Å²) in [4.78, 5) is 12.3. The lowest BCUT2D eigenvalue weighted by molar-refractivity contribution is -0.140. The van der Waals surface area contributed by atoms with Crippen LogP contribution in [0.25, 0.3) is 0 Å². The Morgan fingerprint density at radius 1 is 1.52 bits per heavy atom. The highest BCUT2D eigenvalue weighted by molar-refractivity contribution is 7.91. The van der Waals surface area contributed by atoms with Crippen molar-refractivity contribution in [3.8, 4) is 0 Å². The van der Waals surface area contributed by atoms with Crippen molar-refractivity contribution in [2.45, 2.75) is 43.5 Å². The van der Waals surface area contributed by atoms with Gasteiger partial charge in [-0.15, -0.1) is 11.3 Å². The van der Waals surface area contributed by atoms with Gasteiger partial charge in [0, 0.05) is 24.4 Å². The molecule has 1 saturated heterocycles. The van der Waals surface area contributed by atoms with E-state index in [1.54, 1.807) is 19.9 Å². The Morgan fingerprint density at radius 2 is 2.19 bits per heavy atom. The summed E-state index contributed by atoms with van der Waals surface area (Å²) in [6, 6.07) is 0.733. The van der Waals surface area contributed by atoms with Gasteiger partial charge < -0.3 is 9.84 Å². The molecular weight excluding hydrogens is 314 g/mol. The minimum absolute atomic E-state index is 0.0868. The maximum atomic E-state index is 12.8. The predicted molar refractivity (Wildman–Crippen MR) is 79.1 cm³/mol. The highest BCUT2D eigenvalue weighted by Gasteiger charge is 2.45. The van der Waals surface area contributed by atoms with E-state index in [0.29, 0.717) is 12.2 Å². The Bertz CT molecular complexity index is 637. The van der Waals surface area contributed by atoms with E-state index in [0.717, 1.165) is 9.18 Å². The van der Waals surface area contributed by atoms with Gasteiger partial charge >= 0.3 is 5.97 Å². The fraction of sp³-hybridized carbons (Fsp3) is 0.615. The number of rotatable bonds is 5. The minimum atomic E-state index is -3.80. The molecule has 0 unspecified atom stereocenters. The molecule has 6 nitrogen and oxygen atoms in total. The standard InChI is InChI=1S/C13H19NO5S2/c1-4-19-10-6-11(12(15)16)14(7-10)21(17,18)13-8(2)5-9(3)20-13/h5,10-11H,4,6-7H2,1-3H3,(H,15,16)/t10-,11+/m1/s1. The van der Waals surface area contributed by atoms with E-state index in [-0.39, 0.29) is 23.3 Å².